The zero-order chi connectivity index (χ0) is 18.6. The monoisotopic (exact) mass is 372 g/mol. The summed E-state index contributed by atoms with van der Waals surface area (Å²) in [4.78, 5) is 23.9. The second kappa shape index (κ2) is 7.70. The Labute approximate surface area is 152 Å². The molecule has 2 aromatic rings. The second-order valence-electron chi connectivity index (χ2n) is 6.39. The maximum absolute atomic E-state index is 12.2. The predicted molar refractivity (Wildman–Crippen MR) is 99.5 cm³/mol. The molecule has 0 bridgehead atoms. The molecule has 2 amide bonds. The molecule has 0 radical (unpaired) electrons. The Bertz CT molecular complexity index is 889. The Morgan fingerprint density at radius 1 is 0.962 bits per heavy atom. The fraction of sp³-hybridized carbons (Fsp3) is 0.263. The van der Waals surface area contributed by atoms with E-state index < -0.39 is 21.5 Å². The van der Waals surface area contributed by atoms with E-state index in [0.29, 0.717) is 16.8 Å². The number of sulfone groups is 1. The van der Waals surface area contributed by atoms with Gasteiger partial charge in [0.1, 0.15) is 5.75 Å². The highest BCUT2D eigenvalue weighted by atomic mass is 32.2. The van der Waals surface area contributed by atoms with E-state index >= 15 is 0 Å². The van der Waals surface area contributed by atoms with E-state index in [0.717, 1.165) is 12.8 Å². The summed E-state index contributed by atoms with van der Waals surface area (Å²) in [6.07, 6.45) is 2.01. The van der Waals surface area contributed by atoms with Crippen LogP contribution in [0.5, 0.6) is 0 Å². The Hall–Kier alpha value is -2.67. The average Bonchev–Trinajstić information content (AvgIpc) is 3.39. The van der Waals surface area contributed by atoms with E-state index in [2.05, 4.69) is 10.6 Å². The third-order valence-electron chi connectivity index (χ3n) is 3.92. The van der Waals surface area contributed by atoms with Crippen LogP contribution >= 0.6 is 0 Å². The zero-order valence-electron chi connectivity index (χ0n) is 14.1. The van der Waals surface area contributed by atoms with Crippen LogP contribution in [-0.4, -0.2) is 32.0 Å². The van der Waals surface area contributed by atoms with Gasteiger partial charge in [0.2, 0.25) is 5.91 Å². The standard InChI is InChI=1S/C19H20N2O4S/c22-18(20-16-4-2-1-3-5-16)13-26(24,25)12-14-6-8-15(9-7-14)19(23)21-17-10-11-17/h1-9,17H,10-13H2,(H,20,22)(H,21,23). The van der Waals surface area contributed by atoms with Gasteiger partial charge in [-0.05, 0) is 42.7 Å². The highest BCUT2D eigenvalue weighted by Gasteiger charge is 2.24. The number of nitrogens with one attached hydrogen (secondary N) is 2. The van der Waals surface area contributed by atoms with Gasteiger partial charge in [-0.25, -0.2) is 8.42 Å². The summed E-state index contributed by atoms with van der Waals surface area (Å²) in [5, 5.41) is 5.44. The van der Waals surface area contributed by atoms with Crippen LogP contribution in [0.3, 0.4) is 0 Å². The SMILES string of the molecule is O=C(CS(=O)(=O)Cc1ccc(C(=O)NC2CC2)cc1)Nc1ccccc1. The first-order valence-corrected chi connectivity index (χ1v) is 10.2. The van der Waals surface area contributed by atoms with Gasteiger partial charge in [-0.2, -0.15) is 0 Å². The molecule has 2 N–H and O–H groups in total. The third-order valence-corrected chi connectivity index (χ3v) is 5.40. The second-order valence-corrected chi connectivity index (χ2v) is 8.46. The van der Waals surface area contributed by atoms with Crippen molar-refractivity contribution in [3.05, 3.63) is 65.7 Å². The van der Waals surface area contributed by atoms with Crippen molar-refractivity contribution >= 4 is 27.3 Å². The molecule has 0 spiro atoms. The minimum Gasteiger partial charge on any atom is -0.349 e. The quantitative estimate of drug-likeness (QED) is 0.779. The summed E-state index contributed by atoms with van der Waals surface area (Å²) < 4.78 is 24.5. The molecule has 0 heterocycles. The molecular formula is C19H20N2O4S. The first-order chi connectivity index (χ1) is 12.4. The topological polar surface area (TPSA) is 92.3 Å². The van der Waals surface area contributed by atoms with Gasteiger partial charge in [-0.1, -0.05) is 30.3 Å². The van der Waals surface area contributed by atoms with Crippen molar-refractivity contribution in [3.63, 3.8) is 0 Å². The number of benzene rings is 2. The fourth-order valence-corrected chi connectivity index (χ4v) is 3.75. The van der Waals surface area contributed by atoms with Crippen molar-refractivity contribution < 1.29 is 18.0 Å². The Morgan fingerprint density at radius 3 is 2.23 bits per heavy atom. The normalized spacial score (nSPS) is 13.8. The maximum Gasteiger partial charge on any atom is 0.251 e. The molecular weight excluding hydrogens is 352 g/mol. The molecule has 0 aromatic heterocycles. The number of hydrogen-bond acceptors (Lipinski definition) is 4. The summed E-state index contributed by atoms with van der Waals surface area (Å²) in [5.41, 5.74) is 1.60. The molecule has 1 fully saturated rings. The number of amides is 2. The van der Waals surface area contributed by atoms with Crippen LogP contribution in [0.4, 0.5) is 5.69 Å². The molecule has 0 aliphatic heterocycles. The van der Waals surface area contributed by atoms with E-state index in [-0.39, 0.29) is 17.7 Å². The molecule has 0 atom stereocenters. The van der Waals surface area contributed by atoms with Crippen LogP contribution in [0.15, 0.2) is 54.6 Å². The number of para-hydroxylation sites is 1. The molecule has 26 heavy (non-hydrogen) atoms. The Kier molecular flexibility index (Phi) is 5.37. The molecule has 136 valence electrons. The third kappa shape index (κ3) is 5.42. The van der Waals surface area contributed by atoms with E-state index in [1.165, 1.54) is 0 Å². The zero-order valence-corrected chi connectivity index (χ0v) is 15.0. The van der Waals surface area contributed by atoms with Gasteiger partial charge in [0, 0.05) is 17.3 Å². The highest BCUT2D eigenvalue weighted by Crippen LogP contribution is 2.19. The molecule has 2 aromatic carbocycles. The van der Waals surface area contributed by atoms with Gasteiger partial charge >= 0.3 is 0 Å². The smallest absolute Gasteiger partial charge is 0.251 e. The van der Waals surface area contributed by atoms with E-state index in [9.17, 15) is 18.0 Å². The van der Waals surface area contributed by atoms with Crippen LogP contribution in [0.1, 0.15) is 28.8 Å². The molecule has 1 saturated carbocycles. The van der Waals surface area contributed by atoms with Gasteiger partial charge in [0.05, 0.1) is 5.75 Å². The van der Waals surface area contributed by atoms with Crippen LogP contribution in [0.2, 0.25) is 0 Å². The van der Waals surface area contributed by atoms with Crippen molar-refractivity contribution in [1.29, 1.82) is 0 Å². The lowest BCUT2D eigenvalue weighted by molar-refractivity contribution is -0.113. The molecule has 6 nitrogen and oxygen atoms in total. The van der Waals surface area contributed by atoms with E-state index in [4.69, 9.17) is 0 Å². The summed E-state index contributed by atoms with van der Waals surface area (Å²) in [5.74, 6) is -1.56. The summed E-state index contributed by atoms with van der Waals surface area (Å²) in [6, 6.07) is 15.4. The molecule has 0 unspecified atom stereocenters. The van der Waals surface area contributed by atoms with Crippen molar-refractivity contribution in [2.75, 3.05) is 11.1 Å². The number of hydrogen-bond donors (Lipinski definition) is 2. The molecule has 3 rings (SSSR count). The Balaban J connectivity index is 1.56. The highest BCUT2D eigenvalue weighted by molar-refractivity contribution is 7.91. The number of anilines is 1. The largest absolute Gasteiger partial charge is 0.349 e. The lowest BCUT2D eigenvalue weighted by atomic mass is 10.1. The molecule has 7 heteroatoms. The lowest BCUT2D eigenvalue weighted by Crippen LogP contribution is -2.25. The van der Waals surface area contributed by atoms with Crippen LogP contribution < -0.4 is 10.6 Å². The van der Waals surface area contributed by atoms with Gasteiger partial charge < -0.3 is 10.6 Å². The van der Waals surface area contributed by atoms with E-state index in [1.807, 2.05) is 0 Å². The van der Waals surface area contributed by atoms with Gasteiger partial charge in [0.25, 0.3) is 5.91 Å². The molecule has 1 aliphatic rings. The van der Waals surface area contributed by atoms with Crippen molar-refractivity contribution in [2.24, 2.45) is 0 Å². The van der Waals surface area contributed by atoms with Crippen molar-refractivity contribution in [1.82, 2.24) is 5.32 Å². The molecule has 0 saturated heterocycles. The van der Waals surface area contributed by atoms with Gasteiger partial charge in [-0.15, -0.1) is 0 Å². The fourth-order valence-electron chi connectivity index (χ4n) is 2.47. The number of carbonyl (C=O) groups is 2. The number of rotatable bonds is 7. The summed E-state index contributed by atoms with van der Waals surface area (Å²) >= 11 is 0. The maximum atomic E-state index is 12.2. The van der Waals surface area contributed by atoms with Crippen LogP contribution in [0, 0.1) is 0 Å². The van der Waals surface area contributed by atoms with Gasteiger partial charge in [-0.3, -0.25) is 9.59 Å². The lowest BCUT2D eigenvalue weighted by Gasteiger charge is -2.07. The van der Waals surface area contributed by atoms with E-state index in [1.54, 1.807) is 54.6 Å². The minimum absolute atomic E-state index is 0.149. The first-order valence-electron chi connectivity index (χ1n) is 8.36. The summed E-state index contributed by atoms with van der Waals surface area (Å²) in [7, 11) is -3.61. The Morgan fingerprint density at radius 2 is 1.62 bits per heavy atom. The van der Waals surface area contributed by atoms with Crippen LogP contribution in [-0.2, 0) is 20.4 Å². The molecule has 1 aliphatic carbocycles. The number of carbonyl (C=O) groups excluding carboxylic acids is 2. The van der Waals surface area contributed by atoms with Crippen molar-refractivity contribution in [2.45, 2.75) is 24.6 Å². The first kappa shape index (κ1) is 18.1. The minimum atomic E-state index is -3.61. The van der Waals surface area contributed by atoms with Crippen LogP contribution in [0.25, 0.3) is 0 Å². The predicted octanol–water partition coefficient (Wildman–Crippen LogP) is 2.13. The average molecular weight is 372 g/mol. The van der Waals surface area contributed by atoms with Gasteiger partial charge in [0.15, 0.2) is 9.84 Å². The summed E-state index contributed by atoms with van der Waals surface area (Å²) in [6.45, 7) is 0. The van der Waals surface area contributed by atoms with Crippen molar-refractivity contribution in [3.8, 4) is 0 Å².